The third kappa shape index (κ3) is 4.39. The molecule has 24 heavy (non-hydrogen) atoms. The van der Waals surface area contributed by atoms with E-state index in [0.717, 1.165) is 22.4 Å². The first-order valence-corrected chi connectivity index (χ1v) is 8.39. The molecule has 1 atom stereocenters. The predicted octanol–water partition coefficient (Wildman–Crippen LogP) is 2.51. The molecule has 1 unspecified atom stereocenters. The minimum absolute atomic E-state index is 0.0217. The maximum absolute atomic E-state index is 12.2. The first-order valence-electron chi connectivity index (χ1n) is 7.51. The minimum atomic E-state index is -0.694. The highest BCUT2D eigenvalue weighted by atomic mass is 32.1. The number of carbonyl (C=O) groups is 2. The van der Waals surface area contributed by atoms with Gasteiger partial charge in [0.05, 0.1) is 19.3 Å². The summed E-state index contributed by atoms with van der Waals surface area (Å²) >= 11 is 1.36. The summed E-state index contributed by atoms with van der Waals surface area (Å²) in [7, 11) is 1.34. The van der Waals surface area contributed by atoms with Crippen LogP contribution in [0, 0.1) is 20.8 Å². The summed E-state index contributed by atoms with van der Waals surface area (Å²) < 4.78 is 4.89. The molecule has 1 heterocycles. The Morgan fingerprint density at radius 2 is 1.92 bits per heavy atom. The van der Waals surface area contributed by atoms with Crippen molar-refractivity contribution in [3.05, 3.63) is 46.0 Å². The van der Waals surface area contributed by atoms with Gasteiger partial charge < -0.3 is 10.1 Å². The number of nitrogens with zero attached hydrogens (tertiary/aromatic N) is 1. The molecule has 2 aromatic rings. The molecule has 0 saturated heterocycles. The number of methoxy groups -OCH3 is 1. The molecule has 1 aromatic heterocycles. The Hall–Kier alpha value is -2.25. The van der Waals surface area contributed by atoms with Gasteiger partial charge in [0.25, 0.3) is 0 Å². The fraction of sp³-hybridized carbons (Fsp3) is 0.353. The van der Waals surface area contributed by atoms with Crippen LogP contribution < -0.4 is 10.6 Å². The van der Waals surface area contributed by atoms with Gasteiger partial charge in [0.15, 0.2) is 5.13 Å². The van der Waals surface area contributed by atoms with Crippen LogP contribution in [0.4, 0.5) is 5.13 Å². The van der Waals surface area contributed by atoms with E-state index < -0.39 is 12.0 Å². The van der Waals surface area contributed by atoms with Crippen molar-refractivity contribution >= 4 is 28.3 Å². The van der Waals surface area contributed by atoms with Gasteiger partial charge in [0.1, 0.15) is 6.04 Å². The van der Waals surface area contributed by atoms with E-state index in [1.54, 1.807) is 0 Å². The van der Waals surface area contributed by atoms with Gasteiger partial charge in [-0.15, -0.1) is 11.3 Å². The average Bonchev–Trinajstić information content (AvgIpc) is 2.94. The highest BCUT2D eigenvalue weighted by Crippen LogP contribution is 2.23. The molecule has 0 aliphatic carbocycles. The van der Waals surface area contributed by atoms with Gasteiger partial charge in [-0.25, -0.2) is 9.78 Å². The van der Waals surface area contributed by atoms with Crippen molar-refractivity contribution < 1.29 is 14.3 Å². The standard InChI is InChI=1S/C17H21N3O3S/c1-10-6-5-7-11(2)14(10)15(16(22)23-4)18-8-13(21)20-17-19-12(3)9-24-17/h5-7,9,15,18H,8H2,1-4H3,(H,19,20,21). The van der Waals surface area contributed by atoms with Crippen LogP contribution in [0.1, 0.15) is 28.4 Å². The Balaban J connectivity index is 2.09. The Kier molecular flexibility index (Phi) is 6.05. The second-order valence-corrected chi connectivity index (χ2v) is 6.34. The molecule has 2 rings (SSSR count). The normalized spacial score (nSPS) is 11.8. The largest absolute Gasteiger partial charge is 0.468 e. The molecule has 0 aliphatic rings. The number of esters is 1. The molecule has 6 nitrogen and oxygen atoms in total. The van der Waals surface area contributed by atoms with Crippen molar-refractivity contribution in [3.63, 3.8) is 0 Å². The van der Waals surface area contributed by atoms with Crippen LogP contribution in [0.15, 0.2) is 23.6 Å². The van der Waals surface area contributed by atoms with Crippen LogP contribution in [-0.2, 0) is 14.3 Å². The Labute approximate surface area is 145 Å². The lowest BCUT2D eigenvalue weighted by Gasteiger charge is -2.20. The van der Waals surface area contributed by atoms with E-state index >= 15 is 0 Å². The SMILES string of the molecule is COC(=O)C(NCC(=O)Nc1nc(C)cs1)c1c(C)cccc1C. The summed E-state index contributed by atoms with van der Waals surface area (Å²) in [6.45, 7) is 5.70. The number of aromatic nitrogens is 1. The number of anilines is 1. The third-order valence-corrected chi connectivity index (χ3v) is 4.48. The minimum Gasteiger partial charge on any atom is -0.468 e. The predicted molar refractivity (Wildman–Crippen MR) is 94.2 cm³/mol. The summed E-state index contributed by atoms with van der Waals surface area (Å²) in [5.41, 5.74) is 3.62. The monoisotopic (exact) mass is 347 g/mol. The van der Waals surface area contributed by atoms with Crippen LogP contribution in [0.3, 0.4) is 0 Å². The fourth-order valence-corrected chi connectivity index (χ4v) is 3.18. The number of amides is 1. The molecule has 0 spiro atoms. The smallest absolute Gasteiger partial charge is 0.327 e. The molecule has 7 heteroatoms. The Morgan fingerprint density at radius 3 is 2.46 bits per heavy atom. The second-order valence-electron chi connectivity index (χ2n) is 5.48. The van der Waals surface area contributed by atoms with Gasteiger partial charge in [-0.3, -0.25) is 10.1 Å². The lowest BCUT2D eigenvalue weighted by Crippen LogP contribution is -2.36. The quantitative estimate of drug-likeness (QED) is 0.785. The molecular formula is C17H21N3O3S. The van der Waals surface area contributed by atoms with Crippen molar-refractivity contribution in [2.24, 2.45) is 0 Å². The highest BCUT2D eigenvalue weighted by Gasteiger charge is 2.25. The number of ether oxygens (including phenoxy) is 1. The molecule has 2 N–H and O–H groups in total. The van der Waals surface area contributed by atoms with Crippen LogP contribution in [-0.4, -0.2) is 30.5 Å². The van der Waals surface area contributed by atoms with Gasteiger partial charge in [0.2, 0.25) is 5.91 Å². The summed E-state index contributed by atoms with van der Waals surface area (Å²) in [6.07, 6.45) is 0. The van der Waals surface area contributed by atoms with Gasteiger partial charge in [-0.2, -0.15) is 0 Å². The van der Waals surface area contributed by atoms with E-state index in [1.165, 1.54) is 18.4 Å². The molecule has 0 bridgehead atoms. The molecule has 1 amide bonds. The summed E-state index contributed by atoms with van der Waals surface area (Å²) in [5.74, 6) is -0.685. The molecule has 0 saturated carbocycles. The van der Waals surface area contributed by atoms with Gasteiger partial charge >= 0.3 is 5.97 Å². The maximum Gasteiger partial charge on any atom is 0.327 e. The topological polar surface area (TPSA) is 80.3 Å². The molecule has 0 radical (unpaired) electrons. The van der Waals surface area contributed by atoms with E-state index in [9.17, 15) is 9.59 Å². The van der Waals surface area contributed by atoms with Gasteiger partial charge in [-0.1, -0.05) is 18.2 Å². The van der Waals surface area contributed by atoms with Crippen molar-refractivity contribution in [2.75, 3.05) is 19.0 Å². The van der Waals surface area contributed by atoms with Crippen LogP contribution >= 0.6 is 11.3 Å². The first kappa shape index (κ1) is 18.1. The lowest BCUT2D eigenvalue weighted by atomic mass is 9.96. The zero-order valence-electron chi connectivity index (χ0n) is 14.2. The third-order valence-electron chi connectivity index (χ3n) is 3.60. The van der Waals surface area contributed by atoms with Crippen LogP contribution in [0.25, 0.3) is 0 Å². The number of benzene rings is 1. The zero-order chi connectivity index (χ0) is 17.7. The summed E-state index contributed by atoms with van der Waals surface area (Å²) in [6, 6.07) is 5.09. The number of thiazole rings is 1. The molecule has 0 fully saturated rings. The molecule has 128 valence electrons. The fourth-order valence-electron chi connectivity index (χ4n) is 2.47. The number of rotatable bonds is 6. The van der Waals surface area contributed by atoms with Gasteiger partial charge in [-0.05, 0) is 37.5 Å². The first-order chi connectivity index (χ1) is 11.4. The number of nitrogens with one attached hydrogen (secondary N) is 2. The molecule has 1 aromatic carbocycles. The second kappa shape index (κ2) is 8.03. The number of aryl methyl sites for hydroxylation is 3. The number of carbonyl (C=O) groups excluding carboxylic acids is 2. The summed E-state index contributed by atoms with van der Waals surface area (Å²) in [4.78, 5) is 28.4. The zero-order valence-corrected chi connectivity index (χ0v) is 15.0. The van der Waals surface area contributed by atoms with Crippen molar-refractivity contribution in [1.29, 1.82) is 0 Å². The molecular weight excluding hydrogens is 326 g/mol. The van der Waals surface area contributed by atoms with E-state index in [1.807, 2.05) is 44.4 Å². The lowest BCUT2D eigenvalue weighted by molar-refractivity contribution is -0.143. The average molecular weight is 347 g/mol. The number of hydrogen-bond acceptors (Lipinski definition) is 6. The Morgan fingerprint density at radius 1 is 1.25 bits per heavy atom. The van der Waals surface area contributed by atoms with Gasteiger partial charge in [0, 0.05) is 5.38 Å². The number of hydrogen-bond donors (Lipinski definition) is 2. The highest BCUT2D eigenvalue weighted by molar-refractivity contribution is 7.13. The summed E-state index contributed by atoms with van der Waals surface area (Å²) in [5, 5.41) is 8.10. The van der Waals surface area contributed by atoms with Crippen LogP contribution in [0.2, 0.25) is 0 Å². The molecule has 0 aliphatic heterocycles. The van der Waals surface area contributed by atoms with E-state index in [0.29, 0.717) is 5.13 Å². The van der Waals surface area contributed by atoms with E-state index in [2.05, 4.69) is 15.6 Å². The van der Waals surface area contributed by atoms with Crippen molar-refractivity contribution in [1.82, 2.24) is 10.3 Å². The Bertz CT molecular complexity index is 722. The van der Waals surface area contributed by atoms with Crippen LogP contribution in [0.5, 0.6) is 0 Å². The van der Waals surface area contributed by atoms with E-state index in [-0.39, 0.29) is 12.5 Å². The van der Waals surface area contributed by atoms with Crippen molar-refractivity contribution in [3.8, 4) is 0 Å². The van der Waals surface area contributed by atoms with Crippen molar-refractivity contribution in [2.45, 2.75) is 26.8 Å². The van der Waals surface area contributed by atoms with E-state index in [4.69, 9.17) is 4.74 Å². The maximum atomic E-state index is 12.2.